The molecule has 2 saturated heterocycles. The number of sulfone groups is 1. The number of nitrogens with zero attached hydrogens (tertiary/aromatic N) is 3. The van der Waals surface area contributed by atoms with E-state index in [0.717, 1.165) is 26.2 Å². The fourth-order valence-electron chi connectivity index (χ4n) is 2.90. The molecular formula is C13H25N3O4S. The number of aliphatic hydroxyl groups excluding tert-OH is 1. The highest BCUT2D eigenvalue weighted by Gasteiger charge is 2.33. The van der Waals surface area contributed by atoms with Crippen LogP contribution in [0.3, 0.4) is 0 Å². The van der Waals surface area contributed by atoms with Gasteiger partial charge in [-0.2, -0.15) is 0 Å². The van der Waals surface area contributed by atoms with Crippen LogP contribution in [-0.4, -0.2) is 105 Å². The Morgan fingerprint density at radius 1 is 1.24 bits per heavy atom. The molecule has 2 aliphatic rings. The molecule has 2 fully saturated rings. The van der Waals surface area contributed by atoms with E-state index >= 15 is 0 Å². The summed E-state index contributed by atoms with van der Waals surface area (Å²) < 4.78 is 23.0. The third-order valence-corrected chi connectivity index (χ3v) is 6.14. The number of piperazine rings is 1. The van der Waals surface area contributed by atoms with E-state index in [1.54, 1.807) is 11.9 Å². The number of aliphatic hydroxyl groups is 1. The van der Waals surface area contributed by atoms with E-state index < -0.39 is 9.84 Å². The number of β-amino-alcohol motifs (C(OH)–C–C–N with tert-alkyl or cyclic N) is 1. The van der Waals surface area contributed by atoms with Crippen molar-refractivity contribution in [3.63, 3.8) is 0 Å². The zero-order chi connectivity index (χ0) is 15.5. The number of amides is 1. The Kier molecular flexibility index (Phi) is 5.59. The van der Waals surface area contributed by atoms with Crippen molar-refractivity contribution < 1.29 is 18.3 Å². The van der Waals surface area contributed by atoms with E-state index in [2.05, 4.69) is 9.80 Å². The number of likely N-dealkylation sites (N-methyl/N-ethyl adjacent to an activating group) is 1. The third-order valence-electron chi connectivity index (χ3n) is 4.39. The Hall–Kier alpha value is -0.700. The molecule has 0 aromatic rings. The van der Waals surface area contributed by atoms with Crippen LogP contribution in [0.2, 0.25) is 0 Å². The van der Waals surface area contributed by atoms with Crippen molar-refractivity contribution in [1.29, 1.82) is 0 Å². The van der Waals surface area contributed by atoms with E-state index in [4.69, 9.17) is 5.11 Å². The molecule has 0 aromatic carbocycles. The molecule has 1 N–H and O–H groups in total. The highest BCUT2D eigenvalue weighted by Crippen LogP contribution is 2.16. The van der Waals surface area contributed by atoms with Crippen molar-refractivity contribution in [2.75, 3.05) is 64.4 Å². The Bertz CT molecular complexity index is 460. The zero-order valence-electron chi connectivity index (χ0n) is 12.6. The van der Waals surface area contributed by atoms with Gasteiger partial charge in [0, 0.05) is 45.8 Å². The molecule has 0 saturated carbocycles. The van der Waals surface area contributed by atoms with Gasteiger partial charge < -0.3 is 10.0 Å². The average Bonchev–Trinajstić information content (AvgIpc) is 2.80. The SMILES string of the molecule is CN(C(=O)CN1CCN(CCO)CC1)C1CCS(=O)(=O)C1. The number of rotatable bonds is 5. The minimum atomic E-state index is -2.96. The molecule has 8 heteroatoms. The predicted molar refractivity (Wildman–Crippen MR) is 79.8 cm³/mol. The third kappa shape index (κ3) is 4.64. The summed E-state index contributed by atoms with van der Waals surface area (Å²) in [7, 11) is -1.25. The van der Waals surface area contributed by atoms with Crippen LogP contribution in [0.1, 0.15) is 6.42 Å². The first-order valence-corrected chi connectivity index (χ1v) is 9.25. The van der Waals surface area contributed by atoms with Gasteiger partial charge in [0.05, 0.1) is 24.7 Å². The summed E-state index contributed by atoms with van der Waals surface area (Å²) in [4.78, 5) is 18.1. The molecule has 0 aliphatic carbocycles. The lowest BCUT2D eigenvalue weighted by molar-refractivity contribution is -0.133. The minimum Gasteiger partial charge on any atom is -0.395 e. The van der Waals surface area contributed by atoms with Gasteiger partial charge >= 0.3 is 0 Å². The molecule has 0 radical (unpaired) electrons. The van der Waals surface area contributed by atoms with Gasteiger partial charge in [0.25, 0.3) is 0 Å². The maximum Gasteiger partial charge on any atom is 0.236 e. The first-order valence-electron chi connectivity index (χ1n) is 7.43. The van der Waals surface area contributed by atoms with Crippen LogP contribution < -0.4 is 0 Å². The van der Waals surface area contributed by atoms with Crippen molar-refractivity contribution in [3.8, 4) is 0 Å². The molecule has 1 unspecified atom stereocenters. The Balaban J connectivity index is 1.77. The summed E-state index contributed by atoms with van der Waals surface area (Å²) in [6.45, 7) is 4.52. The fourth-order valence-corrected chi connectivity index (χ4v) is 4.67. The first kappa shape index (κ1) is 16.7. The van der Waals surface area contributed by atoms with Gasteiger partial charge in [0.1, 0.15) is 0 Å². The van der Waals surface area contributed by atoms with Gasteiger partial charge in [0.15, 0.2) is 9.84 Å². The average molecular weight is 319 g/mol. The van der Waals surface area contributed by atoms with Crippen molar-refractivity contribution in [3.05, 3.63) is 0 Å². The predicted octanol–water partition coefficient (Wildman–Crippen LogP) is -1.76. The Morgan fingerprint density at radius 2 is 1.86 bits per heavy atom. The molecule has 122 valence electrons. The Morgan fingerprint density at radius 3 is 2.38 bits per heavy atom. The van der Waals surface area contributed by atoms with Crippen LogP contribution in [0.4, 0.5) is 0 Å². The summed E-state index contributed by atoms with van der Waals surface area (Å²) in [5.74, 6) is 0.280. The van der Waals surface area contributed by atoms with Crippen molar-refractivity contribution >= 4 is 15.7 Å². The quantitative estimate of drug-likeness (QED) is 0.647. The molecule has 2 aliphatic heterocycles. The van der Waals surface area contributed by atoms with Gasteiger partial charge in [-0.25, -0.2) is 8.42 Å². The standard InChI is InChI=1S/C13H25N3O4S/c1-14(12-2-9-21(19,20)11-12)13(18)10-16-5-3-15(4-6-16)7-8-17/h12,17H,2-11H2,1H3. The van der Waals surface area contributed by atoms with Gasteiger partial charge in [0.2, 0.25) is 5.91 Å². The van der Waals surface area contributed by atoms with Crippen molar-refractivity contribution in [1.82, 2.24) is 14.7 Å². The minimum absolute atomic E-state index is 0.00675. The lowest BCUT2D eigenvalue weighted by atomic mass is 10.2. The maximum absolute atomic E-state index is 12.3. The van der Waals surface area contributed by atoms with Crippen LogP contribution in [-0.2, 0) is 14.6 Å². The zero-order valence-corrected chi connectivity index (χ0v) is 13.4. The van der Waals surface area contributed by atoms with Gasteiger partial charge in [-0.05, 0) is 6.42 Å². The molecule has 0 bridgehead atoms. The van der Waals surface area contributed by atoms with E-state index in [1.165, 1.54) is 0 Å². The lowest BCUT2D eigenvalue weighted by Crippen LogP contribution is -2.51. The van der Waals surface area contributed by atoms with Crippen LogP contribution in [0.25, 0.3) is 0 Å². The molecule has 2 rings (SSSR count). The molecule has 21 heavy (non-hydrogen) atoms. The molecule has 2 heterocycles. The van der Waals surface area contributed by atoms with Gasteiger partial charge in [-0.15, -0.1) is 0 Å². The van der Waals surface area contributed by atoms with Crippen LogP contribution >= 0.6 is 0 Å². The number of hydrogen-bond donors (Lipinski definition) is 1. The number of hydrogen-bond acceptors (Lipinski definition) is 6. The topological polar surface area (TPSA) is 81.2 Å². The summed E-state index contributed by atoms with van der Waals surface area (Å²) in [6.07, 6.45) is 0.550. The first-order chi connectivity index (χ1) is 9.91. The normalized spacial score (nSPS) is 26.9. The fraction of sp³-hybridized carbons (Fsp3) is 0.923. The maximum atomic E-state index is 12.3. The van der Waals surface area contributed by atoms with Crippen LogP contribution in [0.15, 0.2) is 0 Å². The second-order valence-corrected chi connectivity index (χ2v) is 8.13. The van der Waals surface area contributed by atoms with E-state index in [0.29, 0.717) is 19.5 Å². The molecule has 1 amide bonds. The summed E-state index contributed by atoms with van der Waals surface area (Å²) in [5, 5.41) is 8.90. The van der Waals surface area contributed by atoms with E-state index in [9.17, 15) is 13.2 Å². The van der Waals surface area contributed by atoms with E-state index in [-0.39, 0.29) is 30.1 Å². The van der Waals surface area contributed by atoms with Crippen molar-refractivity contribution in [2.45, 2.75) is 12.5 Å². The highest BCUT2D eigenvalue weighted by atomic mass is 32.2. The Labute approximate surface area is 126 Å². The molecule has 0 spiro atoms. The van der Waals surface area contributed by atoms with E-state index in [1.807, 2.05) is 0 Å². The smallest absolute Gasteiger partial charge is 0.236 e. The summed E-state index contributed by atoms with van der Waals surface area (Å²) in [6, 6.07) is -0.168. The molecule has 0 aromatic heterocycles. The molecule has 7 nitrogen and oxygen atoms in total. The van der Waals surface area contributed by atoms with Crippen LogP contribution in [0, 0.1) is 0 Å². The molecule has 1 atom stereocenters. The van der Waals surface area contributed by atoms with Crippen molar-refractivity contribution in [2.24, 2.45) is 0 Å². The number of carbonyl (C=O) groups excluding carboxylic acids is 1. The monoisotopic (exact) mass is 319 g/mol. The van der Waals surface area contributed by atoms with Gasteiger partial charge in [-0.3, -0.25) is 14.6 Å². The lowest BCUT2D eigenvalue weighted by Gasteiger charge is -2.35. The molecular weight excluding hydrogens is 294 g/mol. The second-order valence-electron chi connectivity index (χ2n) is 5.90. The largest absolute Gasteiger partial charge is 0.395 e. The summed E-state index contributed by atoms with van der Waals surface area (Å²) >= 11 is 0. The number of carbonyl (C=O) groups is 1. The van der Waals surface area contributed by atoms with Crippen LogP contribution in [0.5, 0.6) is 0 Å². The second kappa shape index (κ2) is 7.04. The van der Waals surface area contributed by atoms with Gasteiger partial charge in [-0.1, -0.05) is 0 Å². The highest BCUT2D eigenvalue weighted by molar-refractivity contribution is 7.91. The summed E-state index contributed by atoms with van der Waals surface area (Å²) in [5.41, 5.74) is 0.